The van der Waals surface area contributed by atoms with Crippen LogP contribution in [0.3, 0.4) is 0 Å². The average Bonchev–Trinajstić information content (AvgIpc) is 2.38. The Balaban J connectivity index is 3.13. The topological polar surface area (TPSA) is 83.5 Å². The molecule has 0 aromatic heterocycles. The second-order valence-corrected chi connectivity index (χ2v) is 7.15. The van der Waals surface area contributed by atoms with Crippen LogP contribution >= 0.6 is 23.2 Å². The second kappa shape index (κ2) is 7.45. The molecule has 0 fully saturated rings. The van der Waals surface area contributed by atoms with E-state index in [0.717, 1.165) is 25.0 Å². The molecule has 2 N–H and O–H groups in total. The van der Waals surface area contributed by atoms with E-state index in [4.69, 9.17) is 28.3 Å². The third kappa shape index (κ3) is 4.57. The van der Waals surface area contributed by atoms with Crippen LogP contribution < -0.4 is 4.72 Å². The molecule has 118 valence electrons. The van der Waals surface area contributed by atoms with Crippen LogP contribution in [0.1, 0.15) is 37.0 Å². The molecule has 0 aliphatic carbocycles. The maximum atomic E-state index is 12.2. The van der Waals surface area contributed by atoms with E-state index in [-0.39, 0.29) is 33.0 Å². The van der Waals surface area contributed by atoms with Gasteiger partial charge in [-0.25, -0.2) is 17.9 Å². The van der Waals surface area contributed by atoms with E-state index in [0.29, 0.717) is 0 Å². The van der Waals surface area contributed by atoms with E-state index >= 15 is 0 Å². The zero-order valence-electron chi connectivity index (χ0n) is 11.7. The van der Waals surface area contributed by atoms with Gasteiger partial charge in [-0.3, -0.25) is 0 Å². The van der Waals surface area contributed by atoms with E-state index < -0.39 is 16.0 Å². The molecule has 1 aromatic rings. The lowest BCUT2D eigenvalue weighted by molar-refractivity contribution is 0.0697. The Labute approximate surface area is 134 Å². The van der Waals surface area contributed by atoms with Gasteiger partial charge in [0.2, 0.25) is 10.0 Å². The van der Waals surface area contributed by atoms with Gasteiger partial charge in [-0.05, 0) is 18.1 Å². The normalized spacial score (nSPS) is 11.9. The summed E-state index contributed by atoms with van der Waals surface area (Å²) in [6, 6.07) is 2.10. The van der Waals surface area contributed by atoms with Crippen molar-refractivity contribution in [2.24, 2.45) is 5.92 Å². The van der Waals surface area contributed by atoms with Crippen molar-refractivity contribution in [3.05, 3.63) is 27.7 Å². The first kappa shape index (κ1) is 18.2. The lowest BCUT2D eigenvalue weighted by Crippen LogP contribution is -2.29. The van der Waals surface area contributed by atoms with Crippen molar-refractivity contribution in [3.63, 3.8) is 0 Å². The molecule has 1 aromatic carbocycles. The van der Waals surface area contributed by atoms with Crippen molar-refractivity contribution in [3.8, 4) is 0 Å². The minimum atomic E-state index is -3.88. The molecule has 0 saturated carbocycles. The van der Waals surface area contributed by atoms with Crippen LogP contribution in [-0.2, 0) is 10.0 Å². The molecule has 0 aliphatic heterocycles. The number of sulfonamides is 1. The van der Waals surface area contributed by atoms with Gasteiger partial charge in [0.15, 0.2) is 0 Å². The summed E-state index contributed by atoms with van der Waals surface area (Å²) in [4.78, 5) is 10.7. The molecular weight excluding hydrogens is 337 g/mol. The molecule has 0 spiro atoms. The zero-order chi connectivity index (χ0) is 16.2. The Morgan fingerprint density at radius 2 is 1.81 bits per heavy atom. The maximum absolute atomic E-state index is 12.2. The van der Waals surface area contributed by atoms with Crippen LogP contribution in [0.15, 0.2) is 17.0 Å². The highest BCUT2D eigenvalue weighted by molar-refractivity contribution is 7.89. The summed E-state index contributed by atoms with van der Waals surface area (Å²) in [6.45, 7) is 4.22. The van der Waals surface area contributed by atoms with E-state index in [9.17, 15) is 13.2 Å². The highest BCUT2D eigenvalue weighted by Gasteiger charge is 2.23. The van der Waals surface area contributed by atoms with Crippen molar-refractivity contribution in [2.75, 3.05) is 6.54 Å². The third-order valence-corrected chi connectivity index (χ3v) is 5.46. The predicted molar refractivity (Wildman–Crippen MR) is 82.7 cm³/mol. The minimum Gasteiger partial charge on any atom is -0.478 e. The molecule has 0 atom stereocenters. The first-order valence-electron chi connectivity index (χ1n) is 6.44. The zero-order valence-corrected chi connectivity index (χ0v) is 14.0. The Morgan fingerprint density at radius 1 is 1.24 bits per heavy atom. The van der Waals surface area contributed by atoms with E-state index in [2.05, 4.69) is 4.72 Å². The number of hydrogen-bond donors (Lipinski definition) is 2. The standard InChI is InChI=1S/C13H17Cl2NO4S/c1-3-8(4-2)7-16-21(19,20)12-5-9(13(17)18)10(14)6-11(12)15/h5-6,8,16H,3-4,7H2,1-2H3,(H,17,18). The predicted octanol–water partition coefficient (Wildman–Crippen LogP) is 3.41. The number of carboxylic acid groups (broad SMARTS) is 1. The van der Waals surface area contributed by atoms with Gasteiger partial charge < -0.3 is 5.11 Å². The van der Waals surface area contributed by atoms with Crippen LogP contribution in [-0.4, -0.2) is 26.0 Å². The van der Waals surface area contributed by atoms with E-state index in [1.165, 1.54) is 0 Å². The van der Waals surface area contributed by atoms with Gasteiger partial charge in [0, 0.05) is 6.54 Å². The highest BCUT2D eigenvalue weighted by atomic mass is 35.5. The van der Waals surface area contributed by atoms with Crippen LogP contribution in [0.5, 0.6) is 0 Å². The van der Waals surface area contributed by atoms with Gasteiger partial charge in [0.1, 0.15) is 4.90 Å². The Bertz CT molecular complexity index is 627. The molecule has 0 radical (unpaired) electrons. The van der Waals surface area contributed by atoms with Crippen molar-refractivity contribution in [1.82, 2.24) is 4.72 Å². The van der Waals surface area contributed by atoms with E-state index in [1.807, 2.05) is 13.8 Å². The largest absolute Gasteiger partial charge is 0.478 e. The van der Waals surface area contributed by atoms with Crippen LogP contribution in [0, 0.1) is 5.92 Å². The van der Waals surface area contributed by atoms with Gasteiger partial charge in [-0.2, -0.15) is 0 Å². The van der Waals surface area contributed by atoms with Gasteiger partial charge >= 0.3 is 5.97 Å². The van der Waals surface area contributed by atoms with Crippen LogP contribution in [0.4, 0.5) is 0 Å². The Kier molecular flexibility index (Phi) is 6.46. The summed E-state index contributed by atoms with van der Waals surface area (Å²) < 4.78 is 26.9. The Hall–Kier alpha value is -0.820. The molecule has 0 unspecified atom stereocenters. The molecule has 1 rings (SSSR count). The second-order valence-electron chi connectivity index (χ2n) is 4.60. The van der Waals surface area contributed by atoms with Gasteiger partial charge in [-0.1, -0.05) is 49.9 Å². The lowest BCUT2D eigenvalue weighted by Gasteiger charge is -2.15. The van der Waals surface area contributed by atoms with Crippen LogP contribution in [0.25, 0.3) is 0 Å². The fourth-order valence-electron chi connectivity index (χ4n) is 1.78. The summed E-state index contributed by atoms with van der Waals surface area (Å²) >= 11 is 11.6. The smallest absolute Gasteiger partial charge is 0.337 e. The number of benzene rings is 1. The number of carbonyl (C=O) groups is 1. The van der Waals surface area contributed by atoms with Crippen LogP contribution in [0.2, 0.25) is 10.0 Å². The Morgan fingerprint density at radius 3 is 2.29 bits per heavy atom. The summed E-state index contributed by atoms with van der Waals surface area (Å²) in [5, 5.41) is 8.78. The van der Waals surface area contributed by atoms with Crippen molar-refractivity contribution >= 4 is 39.2 Å². The van der Waals surface area contributed by atoms with Gasteiger partial charge in [-0.15, -0.1) is 0 Å². The lowest BCUT2D eigenvalue weighted by atomic mass is 10.0. The molecule has 0 saturated heterocycles. The number of aromatic carboxylic acids is 1. The molecule has 0 bridgehead atoms. The molecule has 5 nitrogen and oxygen atoms in total. The monoisotopic (exact) mass is 353 g/mol. The molecule has 8 heteroatoms. The molecule has 0 heterocycles. The number of rotatable bonds is 7. The molecule has 0 aliphatic rings. The first-order valence-corrected chi connectivity index (χ1v) is 8.68. The highest BCUT2D eigenvalue weighted by Crippen LogP contribution is 2.28. The van der Waals surface area contributed by atoms with Crippen molar-refractivity contribution in [1.29, 1.82) is 0 Å². The quantitative estimate of drug-likeness (QED) is 0.786. The number of halogens is 2. The fourth-order valence-corrected chi connectivity index (χ4v) is 3.75. The number of hydrogen-bond acceptors (Lipinski definition) is 3. The molecule has 0 amide bonds. The maximum Gasteiger partial charge on any atom is 0.337 e. The average molecular weight is 354 g/mol. The van der Waals surface area contributed by atoms with Crippen molar-refractivity contribution in [2.45, 2.75) is 31.6 Å². The summed E-state index contributed by atoms with van der Waals surface area (Å²) in [6.07, 6.45) is 1.68. The summed E-state index contributed by atoms with van der Waals surface area (Å²) in [7, 11) is -3.88. The SMILES string of the molecule is CCC(CC)CNS(=O)(=O)c1cc(C(=O)O)c(Cl)cc1Cl. The molecular formula is C13H17Cl2NO4S. The van der Waals surface area contributed by atoms with Gasteiger partial charge in [0.05, 0.1) is 15.6 Å². The summed E-state index contributed by atoms with van der Waals surface area (Å²) in [5.74, 6) is -1.10. The number of nitrogens with one attached hydrogen (secondary N) is 1. The van der Waals surface area contributed by atoms with Gasteiger partial charge in [0.25, 0.3) is 0 Å². The first-order chi connectivity index (χ1) is 9.72. The van der Waals surface area contributed by atoms with E-state index in [1.54, 1.807) is 0 Å². The number of carboxylic acids is 1. The fraction of sp³-hybridized carbons (Fsp3) is 0.462. The summed E-state index contributed by atoms with van der Waals surface area (Å²) in [5.41, 5.74) is -0.302. The minimum absolute atomic E-state index is 0.105. The third-order valence-electron chi connectivity index (χ3n) is 3.26. The van der Waals surface area contributed by atoms with Crippen molar-refractivity contribution < 1.29 is 18.3 Å². The molecule has 21 heavy (non-hydrogen) atoms.